The minimum atomic E-state index is -2.89. The molecule has 1 atom stereocenters. The molecule has 2 aromatic carbocycles. The van der Waals surface area contributed by atoms with Crippen LogP contribution in [0.4, 0.5) is 14.5 Å². The van der Waals surface area contributed by atoms with Crippen molar-refractivity contribution in [1.82, 2.24) is 0 Å². The first kappa shape index (κ1) is 16.7. The summed E-state index contributed by atoms with van der Waals surface area (Å²) >= 11 is 0. The van der Waals surface area contributed by atoms with Gasteiger partial charge in [0.05, 0.1) is 7.11 Å². The molecule has 1 N–H and O–H groups in total. The minimum absolute atomic E-state index is 0.0484. The van der Waals surface area contributed by atoms with Gasteiger partial charge in [0.25, 0.3) is 6.43 Å². The molecule has 0 saturated heterocycles. The summed E-state index contributed by atoms with van der Waals surface area (Å²) in [6.45, 7) is -0.0484. The topological polar surface area (TPSA) is 47.6 Å². The Morgan fingerprint density at radius 3 is 2.30 bits per heavy atom. The molecule has 0 aromatic heterocycles. The number of benzene rings is 2. The van der Waals surface area contributed by atoms with Crippen LogP contribution in [0.2, 0.25) is 0 Å². The van der Waals surface area contributed by atoms with Crippen LogP contribution < -0.4 is 10.1 Å². The van der Waals surface area contributed by atoms with Crippen LogP contribution in [0, 0.1) is 0 Å². The highest BCUT2D eigenvalue weighted by Gasteiger charge is 2.29. The van der Waals surface area contributed by atoms with E-state index in [2.05, 4.69) is 5.32 Å². The standard InChI is InChI=1S/C17H17F2NO3/c1-22-14-9-7-13(8-10-14)20-15(16(18)19)17(21)23-11-12-5-3-2-4-6-12/h2-10,15-16,20H,11H2,1H3/t15-/m0/s1. The first-order chi connectivity index (χ1) is 11.1. The Balaban J connectivity index is 1.97. The molecule has 6 heteroatoms. The number of rotatable bonds is 7. The number of nitrogens with one attached hydrogen (secondary N) is 1. The van der Waals surface area contributed by atoms with Crippen molar-refractivity contribution in [1.29, 1.82) is 0 Å². The molecule has 0 spiro atoms. The molecule has 0 bridgehead atoms. The number of alkyl halides is 2. The zero-order valence-corrected chi connectivity index (χ0v) is 12.5. The molecule has 0 fully saturated rings. The quantitative estimate of drug-likeness (QED) is 0.793. The Morgan fingerprint density at radius 2 is 1.74 bits per heavy atom. The minimum Gasteiger partial charge on any atom is -0.497 e. The summed E-state index contributed by atoms with van der Waals surface area (Å²) in [6.07, 6.45) is -2.89. The van der Waals surface area contributed by atoms with Crippen molar-refractivity contribution in [2.24, 2.45) is 0 Å². The van der Waals surface area contributed by atoms with Crippen LogP contribution in [-0.4, -0.2) is 25.5 Å². The maximum Gasteiger partial charge on any atom is 0.334 e. The van der Waals surface area contributed by atoms with Crippen LogP contribution in [0.3, 0.4) is 0 Å². The molecule has 0 saturated carbocycles. The number of esters is 1. The van der Waals surface area contributed by atoms with Gasteiger partial charge in [0, 0.05) is 5.69 Å². The summed E-state index contributed by atoms with van der Waals surface area (Å²) in [7, 11) is 1.51. The zero-order chi connectivity index (χ0) is 16.7. The summed E-state index contributed by atoms with van der Waals surface area (Å²) in [5.74, 6) is -0.407. The van der Waals surface area contributed by atoms with Gasteiger partial charge in [-0.15, -0.1) is 0 Å². The summed E-state index contributed by atoms with van der Waals surface area (Å²) in [5.41, 5.74) is 1.12. The molecule has 0 aliphatic heterocycles. The van der Waals surface area contributed by atoms with Crippen LogP contribution in [0.15, 0.2) is 54.6 Å². The average Bonchev–Trinajstić information content (AvgIpc) is 2.58. The normalized spacial score (nSPS) is 11.8. The highest BCUT2D eigenvalue weighted by molar-refractivity contribution is 5.80. The maximum atomic E-state index is 13.1. The largest absolute Gasteiger partial charge is 0.497 e. The van der Waals surface area contributed by atoms with E-state index in [9.17, 15) is 13.6 Å². The highest BCUT2D eigenvalue weighted by atomic mass is 19.3. The molecule has 0 radical (unpaired) electrons. The Labute approximate surface area is 133 Å². The molecule has 0 amide bonds. The van der Waals surface area contributed by atoms with Crippen molar-refractivity contribution < 1.29 is 23.0 Å². The third-order valence-electron chi connectivity index (χ3n) is 3.14. The van der Waals surface area contributed by atoms with Crippen LogP contribution in [0.25, 0.3) is 0 Å². The van der Waals surface area contributed by atoms with Gasteiger partial charge in [0.15, 0.2) is 6.04 Å². The van der Waals surface area contributed by atoms with Crippen LogP contribution >= 0.6 is 0 Å². The van der Waals surface area contributed by atoms with E-state index in [1.54, 1.807) is 48.5 Å². The van der Waals surface area contributed by atoms with Crippen molar-refractivity contribution in [2.45, 2.75) is 19.1 Å². The van der Waals surface area contributed by atoms with Gasteiger partial charge in [-0.2, -0.15) is 0 Å². The van der Waals surface area contributed by atoms with E-state index >= 15 is 0 Å². The van der Waals surface area contributed by atoms with Crippen molar-refractivity contribution in [3.05, 3.63) is 60.2 Å². The van der Waals surface area contributed by atoms with Gasteiger partial charge in [-0.1, -0.05) is 30.3 Å². The second kappa shape index (κ2) is 8.12. The summed E-state index contributed by atoms with van der Waals surface area (Å²) < 4.78 is 36.2. The summed E-state index contributed by atoms with van der Waals surface area (Å²) in [5, 5.41) is 2.49. The molecule has 0 aliphatic carbocycles. The van der Waals surface area contributed by atoms with Gasteiger partial charge >= 0.3 is 5.97 Å². The molecule has 0 heterocycles. The Kier molecular flexibility index (Phi) is 5.91. The number of hydrogen-bond acceptors (Lipinski definition) is 4. The first-order valence-corrected chi connectivity index (χ1v) is 6.99. The highest BCUT2D eigenvalue weighted by Crippen LogP contribution is 2.18. The SMILES string of the molecule is COc1ccc(N[C@H](C(=O)OCc2ccccc2)C(F)F)cc1. The van der Waals surface area contributed by atoms with E-state index in [-0.39, 0.29) is 6.61 Å². The smallest absolute Gasteiger partial charge is 0.334 e. The van der Waals surface area contributed by atoms with Gasteiger partial charge in [0.2, 0.25) is 0 Å². The molecule has 2 rings (SSSR count). The maximum absolute atomic E-state index is 13.1. The van der Waals surface area contributed by atoms with Gasteiger partial charge in [-0.05, 0) is 29.8 Å². The molecule has 23 heavy (non-hydrogen) atoms. The monoisotopic (exact) mass is 321 g/mol. The average molecular weight is 321 g/mol. The predicted molar refractivity (Wildman–Crippen MR) is 82.6 cm³/mol. The Hall–Kier alpha value is -2.63. The fourth-order valence-corrected chi connectivity index (χ4v) is 1.91. The lowest BCUT2D eigenvalue weighted by molar-refractivity contribution is -0.149. The second-order valence-corrected chi connectivity index (χ2v) is 4.78. The number of halogens is 2. The molecule has 2 aromatic rings. The van der Waals surface area contributed by atoms with Crippen LogP contribution in [0.1, 0.15) is 5.56 Å². The number of carbonyl (C=O) groups excluding carboxylic acids is 1. The zero-order valence-electron chi connectivity index (χ0n) is 12.5. The van der Waals surface area contributed by atoms with Gasteiger partial charge in [-0.25, -0.2) is 13.6 Å². The number of carbonyl (C=O) groups is 1. The lowest BCUT2D eigenvalue weighted by Crippen LogP contribution is -2.37. The molecule has 122 valence electrons. The number of hydrogen-bond donors (Lipinski definition) is 1. The molecule has 0 aliphatic rings. The third-order valence-corrected chi connectivity index (χ3v) is 3.14. The van der Waals surface area contributed by atoms with Crippen molar-refractivity contribution in [3.8, 4) is 5.75 Å². The van der Waals surface area contributed by atoms with Gasteiger partial charge < -0.3 is 14.8 Å². The predicted octanol–water partition coefficient (Wildman–Crippen LogP) is 3.48. The Bertz CT molecular complexity index is 617. The van der Waals surface area contributed by atoms with Crippen LogP contribution in [0.5, 0.6) is 5.75 Å². The van der Waals surface area contributed by atoms with Gasteiger partial charge in [0.1, 0.15) is 12.4 Å². The van der Waals surface area contributed by atoms with Crippen molar-refractivity contribution >= 4 is 11.7 Å². The molecule has 0 unspecified atom stereocenters. The lowest BCUT2D eigenvalue weighted by Gasteiger charge is -2.18. The first-order valence-electron chi connectivity index (χ1n) is 6.99. The Morgan fingerprint density at radius 1 is 1.09 bits per heavy atom. The fourth-order valence-electron chi connectivity index (χ4n) is 1.91. The summed E-state index contributed by atoms with van der Waals surface area (Å²) in [6, 6.07) is 13.5. The van der Waals surface area contributed by atoms with E-state index in [4.69, 9.17) is 9.47 Å². The van der Waals surface area contributed by atoms with Crippen molar-refractivity contribution in [2.75, 3.05) is 12.4 Å². The molecular weight excluding hydrogens is 304 g/mol. The van der Waals surface area contributed by atoms with Crippen molar-refractivity contribution in [3.63, 3.8) is 0 Å². The molecular formula is C17H17F2NO3. The van der Waals surface area contributed by atoms with E-state index < -0.39 is 18.4 Å². The van der Waals surface area contributed by atoms with E-state index in [0.717, 1.165) is 5.56 Å². The third kappa shape index (κ3) is 4.95. The van der Waals surface area contributed by atoms with E-state index in [1.807, 2.05) is 6.07 Å². The second-order valence-electron chi connectivity index (χ2n) is 4.78. The van der Waals surface area contributed by atoms with E-state index in [0.29, 0.717) is 11.4 Å². The summed E-state index contributed by atoms with van der Waals surface area (Å²) in [4.78, 5) is 11.9. The van der Waals surface area contributed by atoms with Gasteiger partial charge in [-0.3, -0.25) is 0 Å². The van der Waals surface area contributed by atoms with Crippen LogP contribution in [-0.2, 0) is 16.1 Å². The molecule has 4 nitrogen and oxygen atoms in total. The number of anilines is 1. The fraction of sp³-hybridized carbons (Fsp3) is 0.235. The van der Waals surface area contributed by atoms with E-state index in [1.165, 1.54) is 7.11 Å². The number of methoxy groups -OCH3 is 1. The number of ether oxygens (including phenoxy) is 2. The lowest BCUT2D eigenvalue weighted by atomic mass is 10.2.